The molecule has 7 nitrogen and oxygen atoms in total. The topological polar surface area (TPSA) is 75.9 Å². The predicted octanol–water partition coefficient (Wildman–Crippen LogP) is 3.45. The van der Waals surface area contributed by atoms with Gasteiger partial charge in [0.2, 0.25) is 0 Å². The Hall–Kier alpha value is -3.71. The lowest BCUT2D eigenvalue weighted by Crippen LogP contribution is -2.32. The molecule has 3 heterocycles. The van der Waals surface area contributed by atoms with Gasteiger partial charge in [0.15, 0.2) is 0 Å². The summed E-state index contributed by atoms with van der Waals surface area (Å²) in [5.41, 5.74) is 3.38. The standard InChI is InChI=1S/C26H27N5O2/c32-25-24-22(30-18-13-27-19-30)9-6-10-23(24)31(26(33)28-25)15-5-4-14-29-16-11-21(12-17-29)20-7-2-1-3-8-20/h1-3,6-11,13,18-19H,4-5,12,14-17H2,(H,28,32,33). The number of fused-ring (bicyclic) bond motifs is 1. The Bertz CT molecular complexity index is 1380. The fourth-order valence-electron chi connectivity index (χ4n) is 4.60. The summed E-state index contributed by atoms with van der Waals surface area (Å²) in [5, 5.41) is 0.504. The highest BCUT2D eigenvalue weighted by Gasteiger charge is 2.14. The molecule has 0 saturated carbocycles. The number of nitrogens with one attached hydrogen (secondary N) is 1. The number of aromatic amines is 1. The lowest BCUT2D eigenvalue weighted by atomic mass is 9.99. The van der Waals surface area contributed by atoms with E-state index in [9.17, 15) is 9.59 Å². The minimum Gasteiger partial charge on any atom is -0.305 e. The maximum atomic E-state index is 12.6. The largest absolute Gasteiger partial charge is 0.328 e. The van der Waals surface area contributed by atoms with Crippen LogP contribution in [0.1, 0.15) is 24.8 Å². The van der Waals surface area contributed by atoms with E-state index in [1.165, 1.54) is 11.1 Å². The van der Waals surface area contributed by atoms with Gasteiger partial charge in [-0.1, -0.05) is 42.5 Å². The summed E-state index contributed by atoms with van der Waals surface area (Å²) in [6, 6.07) is 16.1. The van der Waals surface area contributed by atoms with E-state index in [-0.39, 0.29) is 11.2 Å². The normalized spacial score (nSPS) is 14.5. The summed E-state index contributed by atoms with van der Waals surface area (Å²) in [6.07, 6.45) is 10.4. The molecule has 0 radical (unpaired) electrons. The molecule has 0 atom stereocenters. The van der Waals surface area contributed by atoms with Crippen LogP contribution in [0.15, 0.2) is 82.9 Å². The number of aromatic nitrogens is 4. The van der Waals surface area contributed by atoms with Crippen molar-refractivity contribution < 1.29 is 0 Å². The third kappa shape index (κ3) is 4.45. The van der Waals surface area contributed by atoms with Crippen molar-refractivity contribution in [2.75, 3.05) is 19.6 Å². The molecular weight excluding hydrogens is 414 g/mol. The maximum absolute atomic E-state index is 12.6. The Balaban J connectivity index is 1.25. The Morgan fingerprint density at radius 3 is 2.58 bits per heavy atom. The summed E-state index contributed by atoms with van der Waals surface area (Å²) in [6.45, 7) is 3.57. The molecule has 0 fully saturated rings. The quantitative estimate of drug-likeness (QED) is 0.446. The first kappa shape index (κ1) is 21.2. The maximum Gasteiger partial charge on any atom is 0.328 e. The molecule has 0 amide bonds. The lowest BCUT2D eigenvalue weighted by molar-refractivity contribution is 0.292. The molecule has 0 spiro atoms. The van der Waals surface area contributed by atoms with Crippen LogP contribution in [0.4, 0.5) is 0 Å². The predicted molar refractivity (Wildman–Crippen MR) is 131 cm³/mol. The summed E-state index contributed by atoms with van der Waals surface area (Å²) in [5.74, 6) is 0. The van der Waals surface area contributed by atoms with E-state index >= 15 is 0 Å². The minimum atomic E-state index is -0.370. The van der Waals surface area contributed by atoms with Crippen molar-refractivity contribution >= 4 is 16.5 Å². The van der Waals surface area contributed by atoms with Gasteiger partial charge in [-0.3, -0.25) is 19.2 Å². The summed E-state index contributed by atoms with van der Waals surface area (Å²) < 4.78 is 3.47. The van der Waals surface area contributed by atoms with Gasteiger partial charge in [-0.2, -0.15) is 0 Å². The number of hydrogen-bond donors (Lipinski definition) is 1. The van der Waals surface area contributed by atoms with Crippen molar-refractivity contribution in [3.63, 3.8) is 0 Å². The van der Waals surface area contributed by atoms with Gasteiger partial charge in [0.05, 0.1) is 22.9 Å². The van der Waals surface area contributed by atoms with E-state index in [0.717, 1.165) is 38.9 Å². The fourth-order valence-corrected chi connectivity index (χ4v) is 4.60. The van der Waals surface area contributed by atoms with Crippen molar-refractivity contribution in [3.8, 4) is 5.69 Å². The highest BCUT2D eigenvalue weighted by molar-refractivity contribution is 5.86. The zero-order chi connectivity index (χ0) is 22.6. The third-order valence-corrected chi connectivity index (χ3v) is 6.33. The van der Waals surface area contributed by atoms with Crippen molar-refractivity contribution in [1.29, 1.82) is 0 Å². The Morgan fingerprint density at radius 1 is 0.970 bits per heavy atom. The van der Waals surface area contributed by atoms with Gasteiger partial charge in [0, 0.05) is 32.0 Å². The van der Waals surface area contributed by atoms with Crippen molar-refractivity contribution in [2.24, 2.45) is 0 Å². The van der Waals surface area contributed by atoms with Gasteiger partial charge in [0.25, 0.3) is 5.56 Å². The minimum absolute atomic E-state index is 0.358. The Morgan fingerprint density at radius 2 is 1.82 bits per heavy atom. The average molecular weight is 442 g/mol. The molecule has 7 heteroatoms. The SMILES string of the molecule is O=c1[nH]c(=O)n(CCCCN2CC=C(c3ccccc3)CC2)c2cccc(-n3ccnc3)c12. The molecule has 1 aliphatic heterocycles. The molecule has 1 N–H and O–H groups in total. The van der Waals surface area contributed by atoms with E-state index in [1.54, 1.807) is 27.9 Å². The number of benzene rings is 2. The van der Waals surface area contributed by atoms with Crippen LogP contribution in [0.3, 0.4) is 0 Å². The fraction of sp³-hybridized carbons (Fsp3) is 0.269. The molecule has 0 unspecified atom stereocenters. The summed E-state index contributed by atoms with van der Waals surface area (Å²) >= 11 is 0. The number of rotatable bonds is 7. The van der Waals surface area contributed by atoms with Crippen molar-refractivity contribution in [2.45, 2.75) is 25.8 Å². The Labute approximate surface area is 191 Å². The second kappa shape index (κ2) is 9.42. The third-order valence-electron chi connectivity index (χ3n) is 6.33. The average Bonchev–Trinajstić information content (AvgIpc) is 3.39. The van der Waals surface area contributed by atoms with Crippen LogP contribution in [0.5, 0.6) is 0 Å². The molecule has 0 saturated heterocycles. The molecule has 5 rings (SSSR count). The van der Waals surface area contributed by atoms with Gasteiger partial charge in [-0.05, 0) is 49.1 Å². The summed E-state index contributed by atoms with van der Waals surface area (Å²) in [7, 11) is 0. The lowest BCUT2D eigenvalue weighted by Gasteiger charge is -2.26. The number of aryl methyl sites for hydroxylation is 1. The van der Waals surface area contributed by atoms with E-state index < -0.39 is 0 Å². The molecule has 168 valence electrons. The number of H-pyrrole nitrogens is 1. The van der Waals surface area contributed by atoms with Crippen LogP contribution in [-0.2, 0) is 6.54 Å². The van der Waals surface area contributed by atoms with E-state index in [0.29, 0.717) is 23.1 Å². The highest BCUT2D eigenvalue weighted by Crippen LogP contribution is 2.22. The molecular formula is C26H27N5O2. The van der Waals surface area contributed by atoms with Gasteiger partial charge in [0.1, 0.15) is 0 Å². The smallest absolute Gasteiger partial charge is 0.305 e. The first-order chi connectivity index (χ1) is 16.2. The zero-order valence-corrected chi connectivity index (χ0v) is 18.5. The van der Waals surface area contributed by atoms with Crippen molar-refractivity contribution in [1.82, 2.24) is 24.0 Å². The molecule has 1 aliphatic rings. The molecule has 2 aromatic heterocycles. The molecule has 0 aliphatic carbocycles. The molecule has 0 bridgehead atoms. The molecule has 2 aromatic carbocycles. The van der Waals surface area contributed by atoms with Crippen molar-refractivity contribution in [3.05, 3.63) is 99.7 Å². The van der Waals surface area contributed by atoms with Gasteiger partial charge < -0.3 is 4.57 Å². The Kier molecular flexibility index (Phi) is 6.04. The number of hydrogen-bond acceptors (Lipinski definition) is 4. The zero-order valence-electron chi connectivity index (χ0n) is 18.5. The first-order valence-electron chi connectivity index (χ1n) is 11.4. The highest BCUT2D eigenvalue weighted by atomic mass is 16.2. The number of imidazole rings is 1. The van der Waals surface area contributed by atoms with E-state index in [1.807, 2.05) is 18.2 Å². The van der Waals surface area contributed by atoms with Crippen LogP contribution in [0, 0.1) is 0 Å². The second-order valence-electron chi connectivity index (χ2n) is 8.41. The van der Waals surface area contributed by atoms with E-state index in [2.05, 4.69) is 51.3 Å². The number of unbranched alkanes of at least 4 members (excludes halogenated alkanes) is 1. The second-order valence-corrected chi connectivity index (χ2v) is 8.41. The molecule has 33 heavy (non-hydrogen) atoms. The van der Waals surface area contributed by atoms with Crippen LogP contribution < -0.4 is 11.2 Å². The van der Waals surface area contributed by atoms with Crippen LogP contribution in [0.25, 0.3) is 22.2 Å². The van der Waals surface area contributed by atoms with Gasteiger partial charge in [-0.15, -0.1) is 0 Å². The van der Waals surface area contributed by atoms with E-state index in [4.69, 9.17) is 0 Å². The first-order valence-corrected chi connectivity index (χ1v) is 11.4. The van der Waals surface area contributed by atoms with Gasteiger partial charge >= 0.3 is 5.69 Å². The van der Waals surface area contributed by atoms with Crippen LogP contribution in [-0.4, -0.2) is 43.6 Å². The molecule has 4 aromatic rings. The van der Waals surface area contributed by atoms with Gasteiger partial charge in [-0.25, -0.2) is 9.78 Å². The summed E-state index contributed by atoms with van der Waals surface area (Å²) in [4.78, 5) is 34.2. The number of nitrogens with zero attached hydrogens (tertiary/aromatic N) is 4. The van der Waals surface area contributed by atoms with Crippen LogP contribution in [0.2, 0.25) is 0 Å². The monoisotopic (exact) mass is 441 g/mol. The van der Waals surface area contributed by atoms with Crippen LogP contribution >= 0.6 is 0 Å².